The van der Waals surface area contributed by atoms with Crippen molar-refractivity contribution in [1.82, 2.24) is 9.80 Å². The van der Waals surface area contributed by atoms with Crippen LogP contribution in [0.2, 0.25) is 0 Å². The van der Waals surface area contributed by atoms with Crippen LogP contribution in [0.4, 0.5) is 5.69 Å². The van der Waals surface area contributed by atoms with Gasteiger partial charge in [0.2, 0.25) is 0 Å². The second-order valence-electron chi connectivity index (χ2n) is 48.2. The molecule has 14 aliphatic rings. The lowest BCUT2D eigenvalue weighted by Crippen LogP contribution is -3.07. The second-order valence-corrected chi connectivity index (χ2v) is 54.8. The molecule has 1 aromatic rings. The molecular formula is C110H192N3O28S4-. The van der Waals surface area contributed by atoms with E-state index < -0.39 is 158 Å². The van der Waals surface area contributed by atoms with Crippen molar-refractivity contribution in [1.29, 1.82) is 0 Å². The minimum absolute atomic E-state index is 0.0130. The van der Waals surface area contributed by atoms with Crippen molar-refractivity contribution in [2.75, 3.05) is 64.1 Å². The number of quaternary nitrogens is 1. The first kappa shape index (κ1) is 130. The molecule has 0 radical (unpaired) electrons. The minimum Gasteiger partial charge on any atom is -0.748 e. The van der Waals surface area contributed by atoms with E-state index in [2.05, 4.69) is 160 Å². The Hall–Kier alpha value is -5.50. The van der Waals surface area contributed by atoms with Crippen LogP contribution in [0.5, 0.6) is 0 Å². The van der Waals surface area contributed by atoms with Crippen molar-refractivity contribution in [2.24, 2.45) is 104 Å². The number of carbonyl (C=O) groups excluding carboxylic acids is 8. The molecule has 12 bridgehead atoms. The topological polar surface area (TPSA) is 422 Å². The van der Waals surface area contributed by atoms with Crippen LogP contribution in [0.3, 0.4) is 0 Å². The van der Waals surface area contributed by atoms with Crippen LogP contribution in [0.1, 0.15) is 376 Å². The fourth-order valence-corrected chi connectivity index (χ4v) is 26.9. The predicted octanol–water partition coefficient (Wildman–Crippen LogP) is 18.5. The number of hydrogen-bond acceptors (Lipinski definition) is 30. The zero-order chi connectivity index (χ0) is 110. The third kappa shape index (κ3) is 36.9. The molecule has 35 heteroatoms. The lowest BCUT2D eigenvalue weighted by Gasteiger charge is -2.59. The normalized spacial score (nSPS) is 28.4. The van der Waals surface area contributed by atoms with E-state index in [0.29, 0.717) is 99.2 Å². The Labute approximate surface area is 874 Å². The summed E-state index contributed by atoms with van der Waals surface area (Å²) in [6.45, 7) is 67.9. The molecule has 1 N–H and O–H groups in total. The molecule has 0 amide bonds. The summed E-state index contributed by atoms with van der Waals surface area (Å²) in [5.74, 6) is 1.57. The first-order valence-electron chi connectivity index (χ1n) is 54.6. The Morgan fingerprint density at radius 2 is 0.662 bits per heavy atom. The third-order valence-electron chi connectivity index (χ3n) is 34.1. The largest absolute Gasteiger partial charge is 0.748 e. The summed E-state index contributed by atoms with van der Waals surface area (Å²) in [4.78, 5) is 102. The molecule has 2 aliphatic heterocycles. The molecule has 10 unspecified atom stereocenters. The van der Waals surface area contributed by atoms with E-state index in [9.17, 15) is 81.1 Å². The zero-order valence-corrected chi connectivity index (χ0v) is 97.9. The fourth-order valence-electron chi connectivity index (χ4n) is 22.6. The lowest BCUT2D eigenvalue weighted by molar-refractivity contribution is -0.833. The van der Waals surface area contributed by atoms with Gasteiger partial charge in [-0.15, -0.1) is 0 Å². The van der Waals surface area contributed by atoms with Crippen LogP contribution in [0.15, 0.2) is 30.3 Å². The number of nitrogens with one attached hydrogen (secondary N) is 1. The van der Waals surface area contributed by atoms with Gasteiger partial charge in [-0.05, 0) is 366 Å². The van der Waals surface area contributed by atoms with Gasteiger partial charge < -0.3 is 51.9 Å². The number of unbranched alkanes of at least 4 members (excludes halogenated alkanes) is 2. The van der Waals surface area contributed by atoms with Crippen LogP contribution in [-0.4, -0.2) is 235 Å². The zero-order valence-electron chi connectivity index (χ0n) is 94.6. The summed E-state index contributed by atoms with van der Waals surface area (Å²) in [7, 11) is -15.6. The molecule has 2 saturated heterocycles. The molecule has 840 valence electrons. The van der Waals surface area contributed by atoms with E-state index in [-0.39, 0.29) is 70.9 Å². The van der Waals surface area contributed by atoms with E-state index in [4.69, 9.17) is 36.8 Å². The van der Waals surface area contributed by atoms with Crippen LogP contribution in [0.25, 0.3) is 0 Å². The van der Waals surface area contributed by atoms with E-state index in [1.54, 1.807) is 60.3 Å². The molecule has 12 aliphatic carbocycles. The summed E-state index contributed by atoms with van der Waals surface area (Å²) in [5, 5.41) is -0.897. The number of fused-ring (bicyclic) bond motifs is 2. The monoisotopic (exact) mass is 2130 g/mol. The highest BCUT2D eigenvalue weighted by atomic mass is 32.2. The summed E-state index contributed by atoms with van der Waals surface area (Å²) in [5.41, 5.74) is -2.12. The van der Waals surface area contributed by atoms with Gasteiger partial charge in [-0.2, -0.15) is 16.8 Å². The second kappa shape index (κ2) is 55.4. The first-order valence-corrected chi connectivity index (χ1v) is 60.7. The molecule has 31 nitrogen and oxygen atoms in total. The Balaban J connectivity index is 0.000000292. The summed E-state index contributed by atoms with van der Waals surface area (Å²) < 4.78 is 161. The van der Waals surface area contributed by atoms with Gasteiger partial charge in [-0.3, -0.25) is 46.9 Å². The van der Waals surface area contributed by atoms with Crippen LogP contribution in [-0.2, 0) is 125 Å². The maximum Gasteiger partial charge on any atom is 0.344 e. The summed E-state index contributed by atoms with van der Waals surface area (Å²) in [6, 6.07) is 13.7. The molecule has 0 aromatic heterocycles. The third-order valence-corrected chi connectivity index (χ3v) is 39.0. The molecule has 2 heterocycles. The van der Waals surface area contributed by atoms with Crippen LogP contribution in [0, 0.1) is 104 Å². The van der Waals surface area contributed by atoms with Crippen LogP contribution >= 0.6 is 0 Å². The van der Waals surface area contributed by atoms with Gasteiger partial charge >= 0.3 is 47.8 Å². The molecule has 0 spiro atoms. The first-order chi connectivity index (χ1) is 66.9. The Morgan fingerprint density at radius 3 is 0.897 bits per heavy atom. The van der Waals surface area contributed by atoms with Gasteiger partial charge in [0.25, 0.3) is 20.2 Å². The number of rotatable bonds is 39. The number of hydrogen-bond donors (Lipinski definition) is 1. The predicted molar refractivity (Wildman–Crippen MR) is 560 cm³/mol. The van der Waals surface area contributed by atoms with Gasteiger partial charge in [0.15, 0.2) is 13.2 Å². The number of para-hydroxylation sites is 1. The molecule has 12 saturated carbocycles. The highest BCUT2D eigenvalue weighted by Crippen LogP contribution is 2.62. The maximum atomic E-state index is 12.5. The Bertz CT molecular complexity index is 4410. The Morgan fingerprint density at radius 1 is 0.400 bits per heavy atom. The molecule has 14 fully saturated rings. The number of benzene rings is 1. The average Bonchev–Trinajstić information content (AvgIpc) is 1.46. The van der Waals surface area contributed by atoms with Gasteiger partial charge in [0.05, 0.1) is 87.8 Å². The maximum absolute atomic E-state index is 12.5. The van der Waals surface area contributed by atoms with E-state index in [1.807, 2.05) is 55.4 Å². The molecule has 145 heavy (non-hydrogen) atoms. The number of carbonyl (C=O) groups is 8. The van der Waals surface area contributed by atoms with E-state index >= 15 is 0 Å². The average molecular weight is 2130 g/mol. The Kier molecular flexibility index (Phi) is 49.6. The van der Waals surface area contributed by atoms with E-state index in [0.717, 1.165) is 49.6 Å². The highest BCUT2D eigenvalue weighted by Gasteiger charge is 2.67. The van der Waals surface area contributed by atoms with Crippen molar-refractivity contribution in [3.8, 4) is 0 Å². The summed E-state index contributed by atoms with van der Waals surface area (Å²) in [6.07, 6.45) is 22.7. The fraction of sp³-hybridized carbons (Fsp3) is 0.873. The highest BCUT2D eigenvalue weighted by molar-refractivity contribution is 7.88. The van der Waals surface area contributed by atoms with Crippen LogP contribution < -0.4 is 4.90 Å². The van der Waals surface area contributed by atoms with Gasteiger partial charge in [-0.1, -0.05) is 100 Å². The van der Waals surface area contributed by atoms with Gasteiger partial charge in [0, 0.05) is 47.8 Å². The van der Waals surface area contributed by atoms with Gasteiger partial charge in [-0.25, -0.2) is 26.4 Å². The smallest absolute Gasteiger partial charge is 0.344 e. The molecular weight excluding hydrogens is 1940 g/mol. The van der Waals surface area contributed by atoms with Crippen molar-refractivity contribution in [3.05, 3.63) is 30.3 Å². The number of ether oxygens (including phenoxy) is 8. The quantitative estimate of drug-likeness (QED) is 0.0277. The van der Waals surface area contributed by atoms with E-state index in [1.165, 1.54) is 109 Å². The van der Waals surface area contributed by atoms with Crippen molar-refractivity contribution < 1.29 is 132 Å². The van der Waals surface area contributed by atoms with Gasteiger partial charge in [0.1, 0.15) is 54.5 Å². The van der Waals surface area contributed by atoms with Crippen molar-refractivity contribution >= 4 is 93.9 Å². The molecule has 1 aromatic carbocycles. The SMILES string of the molecule is CCC(C)(C)C(=O)OC1(C)C2CC3CC(C2)CC1C3.CCC(C)(C)C(=O)OC1(C)C2CC3CC(C2)CC1C3.CCC(C)(C)C(=O)OCC(=O)OC1C2CC3C1OS(=O)(=O)C3C2.CCC(C)(C)C(=O)OCC(=O)OC1C2CC3C1OS(=O)(=O)C3C2.CCC(C)(C)C(=O)OCCS(=O)(=O)[O-].CCC(C)(C)C(=O)OCCS(=O)(=O)[O-].CCCC[NH+](CCCC)c1ccccc1.CCN(C(C)C)C(C)C.CCN(C(C)C)C(C)C. The lowest BCUT2D eigenvalue weighted by atomic mass is 9.50. The minimum atomic E-state index is -4.30. The number of nitrogens with zero attached hydrogens (tertiary/aromatic N) is 2. The number of esters is 8. The van der Waals surface area contributed by atoms with Crippen molar-refractivity contribution in [3.63, 3.8) is 0 Å². The summed E-state index contributed by atoms with van der Waals surface area (Å²) >= 11 is 0. The molecule has 15 rings (SSSR count). The standard InChI is InChI=1S/2C17H28O2.2C15H22O7S.C14H23N.2C8H19N.2C8H16O5S/c2*1-5-16(2,3)15(18)19-17(4)13-7-11-6-12(9-13)10-14(17)8-11;2*1-4-15(2,3)14(17)20-7-11(16)21-12-8-5-9-10(6-8)23(18,19)22-13(9)12;1-3-5-12-15(13-6-4-2)14-10-8-7-9-11-14;2*1-6-9(7(2)3)8(4)5;2*1-4-8(2,3)7(9)13-5-6-14(10,11)12/h2*11-14H,5-10H2,1-4H3;2*8-10,12-13H,4-7H2,1-3H3;7-11H,3-6,12-13H2,1-2H3;2*7-8H,6H2,1-5H3;2*4-6H2,1-3H3,(H,10,11,12)/p-1. The molecule has 10 atom stereocenters. The van der Waals surface area contributed by atoms with Crippen molar-refractivity contribution in [2.45, 2.75) is 446 Å².